The van der Waals surface area contributed by atoms with Gasteiger partial charge in [0.25, 0.3) is 11.5 Å². The second kappa shape index (κ2) is 8.58. The van der Waals surface area contributed by atoms with Crippen molar-refractivity contribution in [2.75, 3.05) is 5.32 Å². The Hall–Kier alpha value is -3.86. The van der Waals surface area contributed by atoms with Gasteiger partial charge in [0.2, 0.25) is 5.88 Å². The van der Waals surface area contributed by atoms with Gasteiger partial charge in [0, 0.05) is 20.3 Å². The Kier molecular flexibility index (Phi) is 5.81. The zero-order valence-corrected chi connectivity index (χ0v) is 19.9. The van der Waals surface area contributed by atoms with Crippen molar-refractivity contribution >= 4 is 22.9 Å². The molecule has 1 amide bonds. The van der Waals surface area contributed by atoms with Crippen LogP contribution in [0.2, 0.25) is 0 Å². The molecule has 11 heteroatoms. The SMILES string of the molecule is Cc1nc(-c2c(C)c(C)nn(C)c2=O)sc1C(=O)Nc1c(C)nn(C)c1Oc1cccnc1. The lowest BCUT2D eigenvalue weighted by Crippen LogP contribution is -2.23. The van der Waals surface area contributed by atoms with Crippen molar-refractivity contribution in [1.82, 2.24) is 29.5 Å². The highest BCUT2D eigenvalue weighted by atomic mass is 32.1. The van der Waals surface area contributed by atoms with Crippen LogP contribution in [-0.4, -0.2) is 35.4 Å². The zero-order chi connectivity index (χ0) is 23.9. The average molecular weight is 466 g/mol. The predicted octanol–water partition coefficient (Wildman–Crippen LogP) is 3.31. The Balaban J connectivity index is 1.68. The Morgan fingerprint density at radius 3 is 2.48 bits per heavy atom. The summed E-state index contributed by atoms with van der Waals surface area (Å²) in [7, 11) is 3.33. The van der Waals surface area contributed by atoms with E-state index >= 15 is 0 Å². The fourth-order valence-corrected chi connectivity index (χ4v) is 4.46. The van der Waals surface area contributed by atoms with Crippen LogP contribution in [0.5, 0.6) is 11.6 Å². The van der Waals surface area contributed by atoms with E-state index in [1.807, 2.05) is 13.8 Å². The van der Waals surface area contributed by atoms with E-state index in [4.69, 9.17) is 4.74 Å². The van der Waals surface area contributed by atoms with Gasteiger partial charge in [-0.1, -0.05) is 0 Å². The largest absolute Gasteiger partial charge is 0.436 e. The smallest absolute Gasteiger partial charge is 0.277 e. The van der Waals surface area contributed by atoms with Gasteiger partial charge in [-0.3, -0.25) is 14.6 Å². The van der Waals surface area contributed by atoms with Gasteiger partial charge < -0.3 is 10.1 Å². The van der Waals surface area contributed by atoms with E-state index in [1.165, 1.54) is 16.0 Å². The first-order valence-electron chi connectivity index (χ1n) is 10.1. The summed E-state index contributed by atoms with van der Waals surface area (Å²) in [5.41, 5.74) is 3.25. The highest BCUT2D eigenvalue weighted by Gasteiger charge is 2.24. The number of carbonyl (C=O) groups is 1. The molecule has 0 saturated heterocycles. The van der Waals surface area contributed by atoms with Crippen LogP contribution in [0.4, 0.5) is 5.69 Å². The van der Waals surface area contributed by atoms with Gasteiger partial charge >= 0.3 is 0 Å². The first-order valence-corrected chi connectivity index (χ1v) is 10.9. The standard InChI is InChI=1S/C22H23N7O3S/c1-11-12(2)26-28(5)21(31)16(11)20-24-14(4)18(33-20)19(30)25-17-13(3)27-29(6)22(17)32-15-8-7-9-23-10-15/h7-10H,1-6H3,(H,25,30). The van der Waals surface area contributed by atoms with Crippen molar-refractivity contribution in [2.24, 2.45) is 14.1 Å². The summed E-state index contributed by atoms with van der Waals surface area (Å²) in [6.45, 7) is 7.19. The topological polar surface area (TPSA) is 117 Å². The Bertz CT molecular complexity index is 1420. The molecule has 4 rings (SSSR count). The summed E-state index contributed by atoms with van der Waals surface area (Å²) in [5, 5.41) is 12.0. The van der Waals surface area contributed by atoms with Crippen molar-refractivity contribution in [3.05, 3.63) is 62.4 Å². The number of ether oxygens (including phenoxy) is 1. The Labute approximate surface area is 193 Å². The molecule has 170 valence electrons. The molecule has 0 aliphatic carbocycles. The van der Waals surface area contributed by atoms with Crippen molar-refractivity contribution < 1.29 is 9.53 Å². The Morgan fingerprint density at radius 2 is 1.79 bits per heavy atom. The van der Waals surface area contributed by atoms with Crippen molar-refractivity contribution in [2.45, 2.75) is 27.7 Å². The fourth-order valence-electron chi connectivity index (χ4n) is 3.40. The number of rotatable bonds is 5. The number of hydrogen-bond donors (Lipinski definition) is 1. The molecule has 1 N–H and O–H groups in total. The van der Waals surface area contributed by atoms with Crippen LogP contribution in [0, 0.1) is 27.7 Å². The lowest BCUT2D eigenvalue weighted by atomic mass is 10.1. The maximum Gasteiger partial charge on any atom is 0.277 e. The van der Waals surface area contributed by atoms with Gasteiger partial charge in [-0.2, -0.15) is 10.2 Å². The summed E-state index contributed by atoms with van der Waals surface area (Å²) >= 11 is 1.17. The predicted molar refractivity (Wildman–Crippen MR) is 125 cm³/mol. The van der Waals surface area contributed by atoms with Crippen LogP contribution in [0.3, 0.4) is 0 Å². The minimum atomic E-state index is -0.358. The van der Waals surface area contributed by atoms with Crippen molar-refractivity contribution in [3.63, 3.8) is 0 Å². The van der Waals surface area contributed by atoms with Gasteiger partial charge in [-0.15, -0.1) is 11.3 Å². The molecule has 0 radical (unpaired) electrons. The fraction of sp³-hybridized carbons (Fsp3) is 0.273. The molecule has 0 spiro atoms. The molecule has 0 aliphatic heterocycles. The van der Waals surface area contributed by atoms with E-state index in [-0.39, 0.29) is 11.5 Å². The lowest BCUT2D eigenvalue weighted by molar-refractivity contribution is 0.102. The van der Waals surface area contributed by atoms with Crippen LogP contribution in [0.15, 0.2) is 29.3 Å². The molecule has 0 bridgehead atoms. The second-order valence-corrected chi connectivity index (χ2v) is 8.58. The minimum absolute atomic E-state index is 0.255. The number of nitrogens with zero attached hydrogens (tertiary/aromatic N) is 6. The summed E-state index contributed by atoms with van der Waals surface area (Å²) < 4.78 is 8.76. The number of aryl methyl sites for hydroxylation is 5. The number of carbonyl (C=O) groups excluding carboxylic acids is 1. The number of nitrogens with one attached hydrogen (secondary N) is 1. The number of aromatic nitrogens is 6. The lowest BCUT2D eigenvalue weighted by Gasteiger charge is -2.09. The van der Waals surface area contributed by atoms with Crippen LogP contribution in [0.1, 0.15) is 32.3 Å². The first-order chi connectivity index (χ1) is 15.7. The van der Waals surface area contributed by atoms with E-state index in [9.17, 15) is 9.59 Å². The molecular weight excluding hydrogens is 442 g/mol. The van der Waals surface area contributed by atoms with E-state index in [0.717, 1.165) is 11.3 Å². The monoisotopic (exact) mass is 465 g/mol. The average Bonchev–Trinajstić information content (AvgIpc) is 3.27. The minimum Gasteiger partial charge on any atom is -0.436 e. The number of pyridine rings is 1. The van der Waals surface area contributed by atoms with E-state index < -0.39 is 0 Å². The molecule has 0 unspecified atom stereocenters. The molecule has 4 heterocycles. The third kappa shape index (κ3) is 4.14. The normalized spacial score (nSPS) is 11.0. The third-order valence-electron chi connectivity index (χ3n) is 5.20. The highest BCUT2D eigenvalue weighted by Crippen LogP contribution is 2.34. The van der Waals surface area contributed by atoms with E-state index in [1.54, 1.807) is 57.2 Å². The number of anilines is 1. The highest BCUT2D eigenvalue weighted by molar-refractivity contribution is 7.17. The van der Waals surface area contributed by atoms with Crippen molar-refractivity contribution in [1.29, 1.82) is 0 Å². The summed E-state index contributed by atoms with van der Waals surface area (Å²) in [6, 6.07) is 3.52. The first kappa shape index (κ1) is 22.3. The summed E-state index contributed by atoms with van der Waals surface area (Å²) in [6.07, 6.45) is 3.22. The van der Waals surface area contributed by atoms with Gasteiger partial charge in [0.05, 0.1) is 28.8 Å². The van der Waals surface area contributed by atoms with Crippen LogP contribution in [0.25, 0.3) is 10.6 Å². The maximum absolute atomic E-state index is 13.2. The Morgan fingerprint density at radius 1 is 1.06 bits per heavy atom. The van der Waals surface area contributed by atoms with Crippen molar-refractivity contribution in [3.8, 4) is 22.2 Å². The maximum atomic E-state index is 13.2. The summed E-state index contributed by atoms with van der Waals surface area (Å²) in [4.78, 5) is 34.9. The molecule has 0 saturated carbocycles. The molecule has 0 fully saturated rings. The van der Waals surface area contributed by atoms with E-state index in [0.29, 0.717) is 44.2 Å². The molecule has 0 aromatic carbocycles. The molecule has 4 aromatic rings. The van der Waals surface area contributed by atoms with E-state index in [2.05, 4.69) is 25.5 Å². The second-order valence-electron chi connectivity index (χ2n) is 7.58. The summed E-state index contributed by atoms with van der Waals surface area (Å²) in [5.74, 6) is 0.543. The molecule has 0 atom stereocenters. The zero-order valence-electron chi connectivity index (χ0n) is 19.1. The molecule has 10 nitrogen and oxygen atoms in total. The molecule has 4 aromatic heterocycles. The van der Waals surface area contributed by atoms with Gasteiger partial charge in [0.1, 0.15) is 21.3 Å². The van der Waals surface area contributed by atoms with Gasteiger partial charge in [0.15, 0.2) is 0 Å². The third-order valence-corrected chi connectivity index (χ3v) is 6.37. The molecule has 0 aliphatic rings. The molecular formula is C22H23N7O3S. The van der Waals surface area contributed by atoms with Gasteiger partial charge in [-0.05, 0) is 45.4 Å². The number of hydrogen-bond acceptors (Lipinski definition) is 8. The number of thiazole rings is 1. The quantitative estimate of drug-likeness (QED) is 0.480. The molecule has 33 heavy (non-hydrogen) atoms. The van der Waals surface area contributed by atoms with Crippen LogP contribution in [-0.2, 0) is 14.1 Å². The van der Waals surface area contributed by atoms with Gasteiger partial charge in [-0.25, -0.2) is 14.3 Å². The van der Waals surface area contributed by atoms with Crippen LogP contribution < -0.4 is 15.6 Å². The number of amides is 1. The van der Waals surface area contributed by atoms with Crippen LogP contribution >= 0.6 is 11.3 Å².